The van der Waals surface area contributed by atoms with Gasteiger partial charge in [0.05, 0.1) is 0 Å². The summed E-state index contributed by atoms with van der Waals surface area (Å²) >= 11 is 0. The highest BCUT2D eigenvalue weighted by Gasteiger charge is 2.21. The number of hydrogen-bond donors (Lipinski definition) is 0. The van der Waals surface area contributed by atoms with E-state index in [9.17, 15) is 0 Å². The molecule has 0 N–H and O–H groups in total. The van der Waals surface area contributed by atoms with Crippen LogP contribution in [-0.4, -0.2) is 18.0 Å². The zero-order chi connectivity index (χ0) is 5.40. The average Bonchev–Trinajstić information content (AvgIpc) is 2.12. The van der Waals surface area contributed by atoms with Crippen molar-refractivity contribution < 1.29 is 0 Å². The van der Waals surface area contributed by atoms with Crippen LogP contribution in [0.2, 0.25) is 0 Å². The van der Waals surface area contributed by atoms with Gasteiger partial charge < -0.3 is 4.90 Å². The Morgan fingerprint density at radius 1 is 1.50 bits per heavy atom. The molecule has 1 saturated heterocycles. The summed E-state index contributed by atoms with van der Waals surface area (Å²) in [5.41, 5.74) is 0. The molecule has 0 spiro atoms. The van der Waals surface area contributed by atoms with Gasteiger partial charge in [-0.2, -0.15) is 0 Å². The van der Waals surface area contributed by atoms with E-state index in [1.165, 1.54) is 25.9 Å². The average molecular weight is 109 g/mol. The van der Waals surface area contributed by atoms with E-state index in [0.29, 0.717) is 0 Å². The fourth-order valence-corrected chi connectivity index (χ4v) is 1.59. The number of allylic oxidation sites excluding steroid dienone is 1. The third-order valence-electron chi connectivity index (χ3n) is 2.10. The molecule has 1 nitrogen and oxygen atoms in total. The van der Waals surface area contributed by atoms with Crippen LogP contribution in [0.15, 0.2) is 12.3 Å². The first-order chi connectivity index (χ1) is 3.95. The van der Waals surface area contributed by atoms with E-state index in [-0.39, 0.29) is 0 Å². The summed E-state index contributed by atoms with van der Waals surface area (Å²) in [5, 5.41) is 0. The molecule has 0 saturated carbocycles. The van der Waals surface area contributed by atoms with Gasteiger partial charge in [0.15, 0.2) is 0 Å². The van der Waals surface area contributed by atoms with Crippen molar-refractivity contribution in [1.82, 2.24) is 4.90 Å². The first kappa shape index (κ1) is 4.42. The summed E-state index contributed by atoms with van der Waals surface area (Å²) in [6.07, 6.45) is 7.29. The Kier molecular flexibility index (Phi) is 0.833. The molecule has 2 aliphatic rings. The summed E-state index contributed by atoms with van der Waals surface area (Å²) in [7, 11) is 0. The highest BCUT2D eigenvalue weighted by atomic mass is 15.1. The largest absolute Gasteiger partial charge is 0.377 e. The van der Waals surface area contributed by atoms with Crippen molar-refractivity contribution in [2.24, 2.45) is 5.92 Å². The topological polar surface area (TPSA) is 3.24 Å². The lowest BCUT2D eigenvalue weighted by molar-refractivity contribution is 0.418. The number of fused-ring (bicyclic) bond motifs is 2. The predicted octanol–water partition coefficient (Wildman–Crippen LogP) is 1.23. The molecule has 0 radical (unpaired) electrons. The molecule has 0 aromatic heterocycles. The molecule has 2 aliphatic heterocycles. The Morgan fingerprint density at radius 3 is 3.25 bits per heavy atom. The van der Waals surface area contributed by atoms with Gasteiger partial charge >= 0.3 is 0 Å². The summed E-state index contributed by atoms with van der Waals surface area (Å²) in [5.74, 6) is 1.000. The minimum absolute atomic E-state index is 1.000. The van der Waals surface area contributed by atoms with E-state index in [2.05, 4.69) is 17.2 Å². The molecule has 0 aromatic carbocycles. The lowest BCUT2D eigenvalue weighted by Gasteiger charge is -2.16. The number of nitrogens with zero attached hydrogens (tertiary/aromatic N) is 1. The summed E-state index contributed by atoms with van der Waals surface area (Å²) in [6, 6.07) is 0. The van der Waals surface area contributed by atoms with Crippen molar-refractivity contribution in [3.63, 3.8) is 0 Å². The Labute approximate surface area is 50.0 Å². The lowest BCUT2D eigenvalue weighted by Crippen LogP contribution is -2.15. The smallest absolute Gasteiger partial charge is 0.0204 e. The SMILES string of the molecule is C1=CN2CCC(C1)C2. The van der Waals surface area contributed by atoms with Crippen molar-refractivity contribution in [1.29, 1.82) is 0 Å². The molecule has 2 bridgehead atoms. The van der Waals surface area contributed by atoms with Gasteiger partial charge in [-0.05, 0) is 25.0 Å². The first-order valence-electron chi connectivity index (χ1n) is 3.36. The van der Waals surface area contributed by atoms with Crippen LogP contribution in [0.1, 0.15) is 12.8 Å². The van der Waals surface area contributed by atoms with Gasteiger partial charge in [-0.15, -0.1) is 0 Å². The summed E-state index contributed by atoms with van der Waals surface area (Å²) in [6.45, 7) is 2.64. The molecule has 1 unspecified atom stereocenters. The Balaban J connectivity index is 2.17. The van der Waals surface area contributed by atoms with Gasteiger partial charge in [-0.1, -0.05) is 6.08 Å². The highest BCUT2D eigenvalue weighted by molar-refractivity contribution is 4.96. The second-order valence-corrected chi connectivity index (χ2v) is 2.77. The van der Waals surface area contributed by atoms with Crippen LogP contribution in [0.3, 0.4) is 0 Å². The van der Waals surface area contributed by atoms with E-state index < -0.39 is 0 Å². The molecule has 44 valence electrons. The Hall–Kier alpha value is -0.460. The Bertz CT molecular complexity index is 118. The van der Waals surface area contributed by atoms with Gasteiger partial charge in [0.2, 0.25) is 0 Å². The fourth-order valence-electron chi connectivity index (χ4n) is 1.59. The van der Waals surface area contributed by atoms with Crippen molar-refractivity contribution >= 4 is 0 Å². The Morgan fingerprint density at radius 2 is 2.50 bits per heavy atom. The van der Waals surface area contributed by atoms with Crippen molar-refractivity contribution in [3.8, 4) is 0 Å². The third kappa shape index (κ3) is 0.540. The van der Waals surface area contributed by atoms with E-state index in [4.69, 9.17) is 0 Å². The van der Waals surface area contributed by atoms with Gasteiger partial charge in [0.1, 0.15) is 0 Å². The quantitative estimate of drug-likeness (QED) is 0.452. The summed E-state index contributed by atoms with van der Waals surface area (Å²) < 4.78 is 0. The fraction of sp³-hybridized carbons (Fsp3) is 0.714. The maximum absolute atomic E-state index is 2.41. The zero-order valence-electron chi connectivity index (χ0n) is 5.01. The maximum Gasteiger partial charge on any atom is 0.0204 e. The minimum atomic E-state index is 1.000. The van der Waals surface area contributed by atoms with E-state index in [1.807, 2.05) is 0 Å². The van der Waals surface area contributed by atoms with E-state index in [1.54, 1.807) is 0 Å². The molecule has 2 heterocycles. The molecule has 1 atom stereocenters. The van der Waals surface area contributed by atoms with Crippen LogP contribution in [0.4, 0.5) is 0 Å². The molecular weight excluding hydrogens is 98.1 g/mol. The monoisotopic (exact) mass is 109 g/mol. The maximum atomic E-state index is 2.41. The molecule has 1 heteroatoms. The molecule has 2 rings (SSSR count). The van der Waals surface area contributed by atoms with Gasteiger partial charge in [-0.25, -0.2) is 0 Å². The highest BCUT2D eigenvalue weighted by Crippen LogP contribution is 2.23. The van der Waals surface area contributed by atoms with E-state index in [0.717, 1.165) is 5.92 Å². The lowest BCUT2D eigenvalue weighted by atomic mass is 10.0. The third-order valence-corrected chi connectivity index (χ3v) is 2.10. The normalized spacial score (nSPS) is 34.0. The van der Waals surface area contributed by atoms with E-state index >= 15 is 0 Å². The van der Waals surface area contributed by atoms with Crippen LogP contribution in [-0.2, 0) is 0 Å². The van der Waals surface area contributed by atoms with Crippen molar-refractivity contribution in [2.45, 2.75) is 12.8 Å². The van der Waals surface area contributed by atoms with Gasteiger partial charge in [-0.3, -0.25) is 0 Å². The molecular formula is C7H11N. The van der Waals surface area contributed by atoms with Crippen LogP contribution in [0, 0.1) is 5.92 Å². The van der Waals surface area contributed by atoms with Crippen LogP contribution >= 0.6 is 0 Å². The van der Waals surface area contributed by atoms with Crippen molar-refractivity contribution in [2.75, 3.05) is 13.1 Å². The second kappa shape index (κ2) is 1.51. The molecule has 0 aromatic rings. The number of rotatable bonds is 0. The predicted molar refractivity (Wildman–Crippen MR) is 33.4 cm³/mol. The first-order valence-corrected chi connectivity index (χ1v) is 3.36. The van der Waals surface area contributed by atoms with Gasteiger partial charge in [0.25, 0.3) is 0 Å². The van der Waals surface area contributed by atoms with Crippen LogP contribution in [0.5, 0.6) is 0 Å². The standard InChI is InChI=1S/C7H11N/c1-2-7-3-5-8(4-1)6-7/h1,4,7H,2-3,5-6H2. The molecule has 8 heavy (non-hydrogen) atoms. The van der Waals surface area contributed by atoms with Gasteiger partial charge in [0, 0.05) is 13.1 Å². The summed E-state index contributed by atoms with van der Waals surface area (Å²) in [4.78, 5) is 2.41. The minimum Gasteiger partial charge on any atom is -0.377 e. The molecule has 1 fully saturated rings. The van der Waals surface area contributed by atoms with Crippen LogP contribution in [0.25, 0.3) is 0 Å². The molecule has 0 amide bonds. The molecule has 0 aliphatic carbocycles. The van der Waals surface area contributed by atoms with Crippen molar-refractivity contribution in [3.05, 3.63) is 12.3 Å². The number of hydrogen-bond acceptors (Lipinski definition) is 1. The second-order valence-electron chi connectivity index (χ2n) is 2.77. The van der Waals surface area contributed by atoms with Crippen LogP contribution < -0.4 is 0 Å². The zero-order valence-corrected chi connectivity index (χ0v) is 5.01.